The highest BCUT2D eigenvalue weighted by Crippen LogP contribution is 2.32. The number of nitrogens with one attached hydrogen (secondary N) is 1. The van der Waals surface area contributed by atoms with E-state index in [0.717, 1.165) is 42.5 Å². The van der Waals surface area contributed by atoms with Crippen LogP contribution in [0, 0.1) is 25.2 Å². The molecule has 1 aliphatic rings. The highest BCUT2D eigenvalue weighted by molar-refractivity contribution is 5.34. The smallest absolute Gasteiger partial charge is 0.124 e. The van der Waals surface area contributed by atoms with Gasteiger partial charge in [-0.3, -0.25) is 4.90 Å². The van der Waals surface area contributed by atoms with Gasteiger partial charge in [-0.2, -0.15) is 5.26 Å². The van der Waals surface area contributed by atoms with Gasteiger partial charge in [-0.05, 0) is 44.5 Å². The molecular weight excluding hydrogens is 316 g/mol. The van der Waals surface area contributed by atoms with Crippen molar-refractivity contribution >= 4 is 0 Å². The molecule has 2 atom stereocenters. The Morgan fingerprint density at radius 1 is 1.32 bits per heavy atom. The number of ether oxygens (including phenoxy) is 2. The number of nitrogens with zero attached hydrogens (tertiary/aromatic N) is 3. The molecule has 132 valence electrons. The molecule has 1 fully saturated rings. The van der Waals surface area contributed by atoms with E-state index in [0.29, 0.717) is 12.2 Å². The van der Waals surface area contributed by atoms with Crippen LogP contribution in [0.3, 0.4) is 0 Å². The lowest BCUT2D eigenvalue weighted by Gasteiger charge is -2.22. The van der Waals surface area contributed by atoms with E-state index < -0.39 is 0 Å². The van der Waals surface area contributed by atoms with E-state index in [2.05, 4.69) is 20.9 Å². The van der Waals surface area contributed by atoms with E-state index in [9.17, 15) is 0 Å². The summed E-state index contributed by atoms with van der Waals surface area (Å²) < 4.78 is 11.4. The van der Waals surface area contributed by atoms with Crippen molar-refractivity contribution in [1.29, 1.82) is 5.26 Å². The second-order valence-electron chi connectivity index (χ2n) is 6.42. The largest absolute Gasteiger partial charge is 0.492 e. The third-order valence-corrected chi connectivity index (χ3v) is 4.79. The van der Waals surface area contributed by atoms with Gasteiger partial charge >= 0.3 is 0 Å². The van der Waals surface area contributed by atoms with Crippen molar-refractivity contribution in [3.05, 3.63) is 47.0 Å². The van der Waals surface area contributed by atoms with Crippen molar-refractivity contribution < 1.29 is 9.47 Å². The summed E-state index contributed by atoms with van der Waals surface area (Å²) in [6.45, 7) is 6.32. The molecule has 6 nitrogen and oxygen atoms in total. The molecule has 1 N–H and O–H groups in total. The van der Waals surface area contributed by atoms with E-state index in [-0.39, 0.29) is 12.1 Å². The molecule has 0 unspecified atom stereocenters. The first-order chi connectivity index (χ1) is 12.1. The summed E-state index contributed by atoms with van der Waals surface area (Å²) in [4.78, 5) is 10.4. The van der Waals surface area contributed by atoms with Gasteiger partial charge in [-0.15, -0.1) is 0 Å². The van der Waals surface area contributed by atoms with Crippen LogP contribution in [0.25, 0.3) is 0 Å². The number of hydrogen-bond acceptors (Lipinski definition) is 5. The normalized spacial score (nSPS) is 20.6. The molecule has 6 heteroatoms. The van der Waals surface area contributed by atoms with Crippen LogP contribution in [0.4, 0.5) is 0 Å². The van der Waals surface area contributed by atoms with Crippen LogP contribution in [-0.2, 0) is 4.74 Å². The van der Waals surface area contributed by atoms with Crippen LogP contribution in [-0.4, -0.2) is 47.8 Å². The second-order valence-corrected chi connectivity index (χ2v) is 6.42. The molecule has 0 radical (unpaired) electrons. The summed E-state index contributed by atoms with van der Waals surface area (Å²) in [6, 6.07) is 9.53. The molecule has 1 aromatic carbocycles. The molecule has 2 heterocycles. The summed E-state index contributed by atoms with van der Waals surface area (Å²) in [6.07, 6.45) is 1.14. The van der Waals surface area contributed by atoms with Crippen LogP contribution in [0.2, 0.25) is 0 Å². The number of benzene rings is 1. The Morgan fingerprint density at radius 2 is 2.08 bits per heavy atom. The van der Waals surface area contributed by atoms with Gasteiger partial charge in [0.1, 0.15) is 18.2 Å². The van der Waals surface area contributed by atoms with E-state index >= 15 is 0 Å². The maximum atomic E-state index is 8.84. The average Bonchev–Trinajstić information content (AvgIpc) is 3.19. The topological polar surface area (TPSA) is 74.2 Å². The van der Waals surface area contributed by atoms with Crippen LogP contribution < -0.4 is 4.74 Å². The first-order valence-electron chi connectivity index (χ1n) is 8.53. The lowest BCUT2D eigenvalue weighted by Crippen LogP contribution is -2.30. The monoisotopic (exact) mass is 340 g/mol. The molecule has 1 saturated heterocycles. The van der Waals surface area contributed by atoms with Gasteiger partial charge < -0.3 is 14.5 Å². The molecule has 1 aliphatic heterocycles. The lowest BCUT2D eigenvalue weighted by atomic mass is 10.2. The predicted molar refractivity (Wildman–Crippen MR) is 94.4 cm³/mol. The zero-order valence-electron chi connectivity index (χ0n) is 15.0. The summed E-state index contributed by atoms with van der Waals surface area (Å²) in [7, 11) is 1.76. The molecule has 0 amide bonds. The number of rotatable bonds is 6. The van der Waals surface area contributed by atoms with Gasteiger partial charge in [-0.25, -0.2) is 4.98 Å². The van der Waals surface area contributed by atoms with Crippen LogP contribution in [0.15, 0.2) is 24.3 Å². The van der Waals surface area contributed by atoms with Gasteiger partial charge in [0.05, 0.1) is 29.5 Å². The second kappa shape index (κ2) is 7.68. The maximum absolute atomic E-state index is 8.84. The standard InChI is InChI=1S/C19H24N4O2/c1-13-14(2)22-19(21-13)18-10-17(24-3)12-23(18)8-9-25-16-6-4-15(11-20)5-7-16/h4-7,17-18H,8-10,12H2,1-3H3,(H,21,22)/t17-,18+/m1/s1. The first kappa shape index (κ1) is 17.5. The summed E-state index contributed by atoms with van der Waals surface area (Å²) >= 11 is 0. The van der Waals surface area contributed by atoms with Gasteiger partial charge in [0.25, 0.3) is 0 Å². The third kappa shape index (κ3) is 4.01. The van der Waals surface area contributed by atoms with Crippen molar-refractivity contribution in [3.8, 4) is 11.8 Å². The minimum Gasteiger partial charge on any atom is -0.492 e. The molecule has 25 heavy (non-hydrogen) atoms. The molecule has 2 aromatic rings. The van der Waals surface area contributed by atoms with E-state index in [4.69, 9.17) is 14.7 Å². The molecule has 0 aliphatic carbocycles. The summed E-state index contributed by atoms with van der Waals surface area (Å²) in [5.41, 5.74) is 2.80. The first-order valence-corrected chi connectivity index (χ1v) is 8.53. The van der Waals surface area contributed by atoms with Crippen molar-refractivity contribution in [2.24, 2.45) is 0 Å². The minimum atomic E-state index is 0.214. The SMILES string of the molecule is CO[C@@H]1C[C@@H](c2nc(C)c(C)[nH]2)N(CCOc2ccc(C#N)cc2)C1. The van der Waals surface area contributed by atoms with Crippen LogP contribution in [0.1, 0.15) is 35.2 Å². The summed E-state index contributed by atoms with van der Waals surface area (Å²) in [5.74, 6) is 1.79. The van der Waals surface area contributed by atoms with E-state index in [1.54, 1.807) is 19.2 Å². The summed E-state index contributed by atoms with van der Waals surface area (Å²) in [5, 5.41) is 8.84. The number of H-pyrrole nitrogens is 1. The number of methoxy groups -OCH3 is 1. The fourth-order valence-corrected chi connectivity index (χ4v) is 3.20. The Bertz CT molecular complexity index is 728. The number of aryl methyl sites for hydroxylation is 2. The van der Waals surface area contributed by atoms with E-state index in [1.807, 2.05) is 26.0 Å². The quantitative estimate of drug-likeness (QED) is 0.875. The Morgan fingerprint density at radius 3 is 2.68 bits per heavy atom. The Hall–Kier alpha value is -2.36. The number of imidazole rings is 1. The lowest BCUT2D eigenvalue weighted by molar-refractivity contribution is 0.105. The molecule has 0 saturated carbocycles. The number of aromatic amines is 1. The molecule has 3 rings (SSSR count). The number of hydrogen-bond donors (Lipinski definition) is 1. The minimum absolute atomic E-state index is 0.214. The Kier molecular flexibility index (Phi) is 5.37. The number of aromatic nitrogens is 2. The molecule has 0 bridgehead atoms. The molecule has 0 spiro atoms. The van der Waals surface area contributed by atoms with Crippen molar-refractivity contribution in [3.63, 3.8) is 0 Å². The van der Waals surface area contributed by atoms with Crippen molar-refractivity contribution in [2.45, 2.75) is 32.4 Å². The van der Waals surface area contributed by atoms with Crippen LogP contribution >= 0.6 is 0 Å². The Labute approximate surface area is 148 Å². The van der Waals surface area contributed by atoms with Gasteiger partial charge in [0, 0.05) is 25.9 Å². The number of likely N-dealkylation sites (tertiary alicyclic amines) is 1. The highest BCUT2D eigenvalue weighted by atomic mass is 16.5. The predicted octanol–water partition coefficient (Wildman–Crippen LogP) is 2.74. The molecular formula is C19H24N4O2. The zero-order valence-corrected chi connectivity index (χ0v) is 15.0. The average molecular weight is 340 g/mol. The van der Waals surface area contributed by atoms with Gasteiger partial charge in [0.15, 0.2) is 0 Å². The zero-order chi connectivity index (χ0) is 17.8. The van der Waals surface area contributed by atoms with E-state index in [1.165, 1.54) is 0 Å². The van der Waals surface area contributed by atoms with Crippen LogP contribution in [0.5, 0.6) is 5.75 Å². The fourth-order valence-electron chi connectivity index (χ4n) is 3.20. The number of nitriles is 1. The van der Waals surface area contributed by atoms with Crippen molar-refractivity contribution in [1.82, 2.24) is 14.9 Å². The molecule has 1 aromatic heterocycles. The third-order valence-electron chi connectivity index (χ3n) is 4.79. The van der Waals surface area contributed by atoms with Crippen molar-refractivity contribution in [2.75, 3.05) is 26.8 Å². The van der Waals surface area contributed by atoms with Gasteiger partial charge in [0.2, 0.25) is 0 Å². The fraction of sp³-hybridized carbons (Fsp3) is 0.474. The Balaban J connectivity index is 1.61. The maximum Gasteiger partial charge on any atom is 0.124 e. The van der Waals surface area contributed by atoms with Gasteiger partial charge in [-0.1, -0.05) is 0 Å². The highest BCUT2D eigenvalue weighted by Gasteiger charge is 2.34.